The quantitative estimate of drug-likeness (QED) is 0.799. The van der Waals surface area contributed by atoms with Crippen LogP contribution in [0.2, 0.25) is 0 Å². The van der Waals surface area contributed by atoms with Gasteiger partial charge in [0.05, 0.1) is 0 Å². The van der Waals surface area contributed by atoms with E-state index >= 15 is 0 Å². The van der Waals surface area contributed by atoms with Crippen LogP contribution in [0.5, 0.6) is 0 Å². The summed E-state index contributed by atoms with van der Waals surface area (Å²) in [7, 11) is 0. The van der Waals surface area contributed by atoms with E-state index in [1.807, 2.05) is 25.7 Å². The lowest BCUT2D eigenvalue weighted by atomic mass is 9.94. The molecule has 0 atom stereocenters. The Morgan fingerprint density at radius 2 is 1.62 bits per heavy atom. The summed E-state index contributed by atoms with van der Waals surface area (Å²) in [6.45, 7) is 8.05. The second-order valence-electron chi connectivity index (χ2n) is 6.46. The third kappa shape index (κ3) is 3.54. The van der Waals surface area contributed by atoms with Crippen LogP contribution < -0.4 is 5.73 Å². The van der Waals surface area contributed by atoms with E-state index in [1.54, 1.807) is 29.2 Å². The van der Waals surface area contributed by atoms with Gasteiger partial charge in [-0.1, -0.05) is 26.8 Å². The van der Waals surface area contributed by atoms with Gasteiger partial charge in [0.15, 0.2) is 0 Å². The van der Waals surface area contributed by atoms with Crippen LogP contribution in [0.4, 0.5) is 5.69 Å². The van der Waals surface area contributed by atoms with Crippen molar-refractivity contribution in [1.29, 1.82) is 0 Å². The fourth-order valence-electron chi connectivity index (χ4n) is 2.44. The van der Waals surface area contributed by atoms with Gasteiger partial charge in [0.25, 0.3) is 5.91 Å². The molecule has 0 saturated carbocycles. The highest BCUT2D eigenvalue weighted by atomic mass is 16.2. The van der Waals surface area contributed by atoms with Crippen LogP contribution in [0.1, 0.15) is 31.1 Å². The van der Waals surface area contributed by atoms with E-state index in [4.69, 9.17) is 5.73 Å². The maximum atomic E-state index is 12.4. The number of carbonyl (C=O) groups excluding carboxylic acids is 2. The van der Waals surface area contributed by atoms with E-state index in [0.29, 0.717) is 37.4 Å². The number of nitrogens with two attached hydrogens (primary N) is 1. The molecule has 1 aliphatic rings. The first-order chi connectivity index (χ1) is 9.79. The predicted octanol–water partition coefficient (Wildman–Crippen LogP) is 1.60. The highest BCUT2D eigenvalue weighted by molar-refractivity contribution is 5.95. The molecule has 1 fully saturated rings. The molecule has 5 heteroatoms. The summed E-state index contributed by atoms with van der Waals surface area (Å²) in [4.78, 5) is 28.2. The van der Waals surface area contributed by atoms with Gasteiger partial charge < -0.3 is 15.5 Å². The number of nitrogen functional groups attached to an aromatic ring is 1. The number of amides is 2. The Kier molecular flexibility index (Phi) is 4.21. The summed E-state index contributed by atoms with van der Waals surface area (Å²) in [6.07, 6.45) is 0. The molecule has 1 saturated heterocycles. The minimum absolute atomic E-state index is 0.0230. The number of hydrogen-bond donors (Lipinski definition) is 1. The third-order valence-corrected chi connectivity index (χ3v) is 3.63. The van der Waals surface area contributed by atoms with Gasteiger partial charge in [-0.25, -0.2) is 0 Å². The molecule has 0 aromatic heterocycles. The molecule has 2 rings (SSSR count). The number of rotatable bonds is 1. The number of anilines is 1. The van der Waals surface area contributed by atoms with Gasteiger partial charge >= 0.3 is 0 Å². The van der Waals surface area contributed by atoms with E-state index in [2.05, 4.69) is 0 Å². The first-order valence-corrected chi connectivity index (χ1v) is 7.23. The Bertz CT molecular complexity index is 541. The first kappa shape index (κ1) is 15.4. The van der Waals surface area contributed by atoms with Crippen molar-refractivity contribution in [3.63, 3.8) is 0 Å². The van der Waals surface area contributed by atoms with Crippen molar-refractivity contribution in [2.45, 2.75) is 20.8 Å². The van der Waals surface area contributed by atoms with Gasteiger partial charge in [-0.2, -0.15) is 0 Å². The molecule has 1 aromatic rings. The Morgan fingerprint density at radius 3 is 2.14 bits per heavy atom. The molecule has 1 aromatic carbocycles. The minimum atomic E-state index is -0.375. The molecule has 0 aliphatic carbocycles. The van der Waals surface area contributed by atoms with Gasteiger partial charge in [-0.05, 0) is 18.2 Å². The van der Waals surface area contributed by atoms with Crippen LogP contribution in [-0.4, -0.2) is 47.8 Å². The van der Waals surface area contributed by atoms with Gasteiger partial charge in [-0.15, -0.1) is 0 Å². The summed E-state index contributed by atoms with van der Waals surface area (Å²) in [6, 6.07) is 7.00. The van der Waals surface area contributed by atoms with Crippen molar-refractivity contribution >= 4 is 17.5 Å². The van der Waals surface area contributed by atoms with E-state index < -0.39 is 0 Å². The zero-order chi connectivity index (χ0) is 15.6. The fourth-order valence-corrected chi connectivity index (χ4v) is 2.44. The molecule has 0 unspecified atom stereocenters. The highest BCUT2D eigenvalue weighted by Crippen LogP contribution is 2.19. The average molecular weight is 289 g/mol. The highest BCUT2D eigenvalue weighted by Gasteiger charge is 2.30. The molecule has 5 nitrogen and oxygen atoms in total. The van der Waals surface area contributed by atoms with Gasteiger partial charge in [0.2, 0.25) is 5.91 Å². The second-order valence-corrected chi connectivity index (χ2v) is 6.46. The van der Waals surface area contributed by atoms with Crippen LogP contribution in [0.15, 0.2) is 24.3 Å². The van der Waals surface area contributed by atoms with Gasteiger partial charge in [0.1, 0.15) is 0 Å². The summed E-state index contributed by atoms with van der Waals surface area (Å²) in [5.74, 6) is 0.115. The standard InChI is InChI=1S/C16H23N3O2/c1-16(2,3)15(21)19-9-7-18(8-10-19)14(20)12-5-4-6-13(17)11-12/h4-6,11H,7-10,17H2,1-3H3. The van der Waals surface area contributed by atoms with Crippen molar-refractivity contribution in [2.24, 2.45) is 5.41 Å². The first-order valence-electron chi connectivity index (χ1n) is 7.23. The number of nitrogens with zero attached hydrogens (tertiary/aromatic N) is 2. The molecular weight excluding hydrogens is 266 g/mol. The van der Waals surface area contributed by atoms with Gasteiger partial charge in [-0.3, -0.25) is 9.59 Å². The molecule has 0 bridgehead atoms. The van der Waals surface area contributed by atoms with Crippen molar-refractivity contribution in [3.8, 4) is 0 Å². The lowest BCUT2D eigenvalue weighted by Crippen LogP contribution is -2.53. The van der Waals surface area contributed by atoms with E-state index in [0.717, 1.165) is 0 Å². The minimum Gasteiger partial charge on any atom is -0.399 e. The zero-order valence-electron chi connectivity index (χ0n) is 12.9. The number of carbonyl (C=O) groups is 2. The second kappa shape index (κ2) is 5.76. The van der Waals surface area contributed by atoms with Crippen LogP contribution >= 0.6 is 0 Å². The summed E-state index contributed by atoms with van der Waals surface area (Å²) >= 11 is 0. The molecule has 0 radical (unpaired) electrons. The lowest BCUT2D eigenvalue weighted by molar-refractivity contribution is -0.140. The largest absolute Gasteiger partial charge is 0.399 e. The monoisotopic (exact) mass is 289 g/mol. The maximum Gasteiger partial charge on any atom is 0.254 e. The molecule has 1 aliphatic heterocycles. The predicted molar refractivity (Wildman–Crippen MR) is 82.8 cm³/mol. The lowest BCUT2D eigenvalue weighted by Gasteiger charge is -2.37. The number of benzene rings is 1. The molecule has 0 spiro atoms. The molecule has 21 heavy (non-hydrogen) atoms. The molecule has 2 amide bonds. The molecular formula is C16H23N3O2. The van der Waals surface area contributed by atoms with Crippen LogP contribution in [0, 0.1) is 5.41 Å². The zero-order valence-corrected chi connectivity index (χ0v) is 12.9. The Labute approximate surface area is 125 Å². The fraction of sp³-hybridized carbons (Fsp3) is 0.500. The van der Waals surface area contributed by atoms with E-state index in [1.165, 1.54) is 0 Å². The molecule has 2 N–H and O–H groups in total. The van der Waals surface area contributed by atoms with E-state index in [-0.39, 0.29) is 17.2 Å². The topological polar surface area (TPSA) is 66.6 Å². The Balaban J connectivity index is 1.98. The summed E-state index contributed by atoms with van der Waals surface area (Å²) in [5.41, 5.74) is 6.52. The molecule has 1 heterocycles. The Morgan fingerprint density at radius 1 is 1.05 bits per heavy atom. The summed E-state index contributed by atoms with van der Waals surface area (Å²) in [5, 5.41) is 0. The van der Waals surface area contributed by atoms with Crippen LogP contribution in [-0.2, 0) is 4.79 Å². The average Bonchev–Trinajstić information content (AvgIpc) is 2.45. The van der Waals surface area contributed by atoms with Crippen LogP contribution in [0.25, 0.3) is 0 Å². The number of piperazine rings is 1. The SMILES string of the molecule is CC(C)(C)C(=O)N1CCN(C(=O)c2cccc(N)c2)CC1. The smallest absolute Gasteiger partial charge is 0.254 e. The third-order valence-electron chi connectivity index (χ3n) is 3.63. The Hall–Kier alpha value is -2.04. The van der Waals surface area contributed by atoms with Gasteiger partial charge in [0, 0.05) is 42.8 Å². The normalized spacial score (nSPS) is 16.0. The summed E-state index contributed by atoms with van der Waals surface area (Å²) < 4.78 is 0. The van der Waals surface area contributed by atoms with Crippen molar-refractivity contribution < 1.29 is 9.59 Å². The van der Waals surface area contributed by atoms with Crippen LogP contribution in [0.3, 0.4) is 0 Å². The van der Waals surface area contributed by atoms with Crippen molar-refractivity contribution in [3.05, 3.63) is 29.8 Å². The van der Waals surface area contributed by atoms with E-state index in [9.17, 15) is 9.59 Å². The van der Waals surface area contributed by atoms with Crippen molar-refractivity contribution in [2.75, 3.05) is 31.9 Å². The molecule has 114 valence electrons. The maximum absolute atomic E-state index is 12.4. The number of hydrogen-bond acceptors (Lipinski definition) is 3. The van der Waals surface area contributed by atoms with Crippen molar-refractivity contribution in [1.82, 2.24) is 9.80 Å².